The second kappa shape index (κ2) is 7.23. The number of aromatic nitrogens is 1. The van der Waals surface area contributed by atoms with E-state index in [0.717, 1.165) is 43.9 Å². The van der Waals surface area contributed by atoms with Gasteiger partial charge in [-0.15, -0.1) is 11.3 Å². The number of para-hydroxylation sites is 1. The first-order chi connectivity index (χ1) is 13.3. The van der Waals surface area contributed by atoms with Crippen LogP contribution in [0, 0.1) is 0 Å². The van der Waals surface area contributed by atoms with Gasteiger partial charge in [0.2, 0.25) is 0 Å². The summed E-state index contributed by atoms with van der Waals surface area (Å²) < 4.78 is 7.49. The van der Waals surface area contributed by atoms with Crippen molar-refractivity contribution in [3.8, 4) is 5.75 Å². The Morgan fingerprint density at radius 2 is 2.00 bits per heavy atom. The molecule has 0 radical (unpaired) electrons. The van der Waals surface area contributed by atoms with Gasteiger partial charge in [0.05, 0.1) is 15.7 Å². The number of nitrogens with zero attached hydrogens (tertiary/aromatic N) is 3. The first-order valence-electron chi connectivity index (χ1n) is 9.79. The van der Waals surface area contributed by atoms with Crippen molar-refractivity contribution in [1.29, 1.82) is 0 Å². The summed E-state index contributed by atoms with van der Waals surface area (Å²) in [5, 5.41) is 0. The number of piperazine rings is 1. The molecule has 0 aliphatic carbocycles. The molecule has 5 rings (SSSR count). The Labute approximate surface area is 164 Å². The third-order valence-electron chi connectivity index (χ3n) is 6.04. The Bertz CT molecular complexity index is 912. The number of rotatable bonds is 4. The highest BCUT2D eigenvalue weighted by Crippen LogP contribution is 2.31. The van der Waals surface area contributed by atoms with E-state index in [9.17, 15) is 0 Å². The quantitative estimate of drug-likeness (QED) is 0.679. The molecular weight excluding hydrogens is 354 g/mol. The van der Waals surface area contributed by atoms with Gasteiger partial charge in [-0.1, -0.05) is 24.3 Å². The molecule has 27 heavy (non-hydrogen) atoms. The lowest BCUT2D eigenvalue weighted by atomic mass is 10.0. The highest BCUT2D eigenvalue weighted by atomic mass is 32.1. The van der Waals surface area contributed by atoms with Gasteiger partial charge in [0.1, 0.15) is 11.9 Å². The van der Waals surface area contributed by atoms with Crippen LogP contribution in [0.15, 0.2) is 54.0 Å². The van der Waals surface area contributed by atoms with E-state index in [2.05, 4.69) is 52.0 Å². The summed E-state index contributed by atoms with van der Waals surface area (Å²) in [6.07, 6.45) is 1.42. The van der Waals surface area contributed by atoms with Crippen molar-refractivity contribution in [3.05, 3.63) is 59.6 Å². The van der Waals surface area contributed by atoms with E-state index in [4.69, 9.17) is 4.74 Å². The lowest BCUT2D eigenvalue weighted by Crippen LogP contribution is -2.50. The fourth-order valence-electron chi connectivity index (χ4n) is 4.49. The zero-order valence-electron chi connectivity index (χ0n) is 15.6. The van der Waals surface area contributed by atoms with Crippen LogP contribution in [-0.2, 0) is 0 Å². The summed E-state index contributed by atoms with van der Waals surface area (Å²) in [5.41, 5.74) is 4.43. The van der Waals surface area contributed by atoms with E-state index >= 15 is 0 Å². The van der Waals surface area contributed by atoms with Crippen LogP contribution in [0.4, 0.5) is 0 Å². The molecular formula is C22H25N3OS. The average molecular weight is 380 g/mol. The Hall–Kier alpha value is -1.95. The van der Waals surface area contributed by atoms with Crippen LogP contribution in [0.3, 0.4) is 0 Å². The molecule has 4 nitrogen and oxygen atoms in total. The predicted octanol–water partition coefficient (Wildman–Crippen LogP) is 4.19. The first kappa shape index (κ1) is 17.2. The van der Waals surface area contributed by atoms with Crippen LogP contribution in [0.25, 0.3) is 10.2 Å². The minimum atomic E-state index is 0.305. The summed E-state index contributed by atoms with van der Waals surface area (Å²) in [5.74, 6) is 0.990. The Kier molecular flexibility index (Phi) is 4.60. The van der Waals surface area contributed by atoms with Gasteiger partial charge < -0.3 is 4.74 Å². The molecule has 3 atom stereocenters. The van der Waals surface area contributed by atoms with Crippen molar-refractivity contribution in [2.24, 2.45) is 0 Å². The maximum atomic E-state index is 6.22. The molecule has 2 saturated heterocycles. The SMILES string of the molecule is CC(c1ccc2scnc2c1)N1CCN2CC(Oc3ccccc3)CC2C1. The highest BCUT2D eigenvalue weighted by Gasteiger charge is 2.38. The fraction of sp³-hybridized carbons (Fsp3) is 0.409. The summed E-state index contributed by atoms with van der Waals surface area (Å²) in [4.78, 5) is 9.72. The van der Waals surface area contributed by atoms with Gasteiger partial charge >= 0.3 is 0 Å². The number of benzene rings is 2. The molecule has 3 heterocycles. The number of fused-ring (bicyclic) bond motifs is 2. The van der Waals surface area contributed by atoms with Crippen molar-refractivity contribution in [1.82, 2.24) is 14.8 Å². The topological polar surface area (TPSA) is 28.6 Å². The Balaban J connectivity index is 1.25. The zero-order chi connectivity index (χ0) is 18.2. The molecule has 2 aliphatic heterocycles. The van der Waals surface area contributed by atoms with Crippen molar-refractivity contribution in [2.45, 2.75) is 31.5 Å². The first-order valence-corrected chi connectivity index (χ1v) is 10.7. The van der Waals surface area contributed by atoms with Gasteiger partial charge in [0.25, 0.3) is 0 Å². The summed E-state index contributed by atoms with van der Waals surface area (Å²) in [7, 11) is 0. The molecule has 3 unspecified atom stereocenters. The highest BCUT2D eigenvalue weighted by molar-refractivity contribution is 7.16. The molecule has 2 fully saturated rings. The molecule has 3 aromatic rings. The van der Waals surface area contributed by atoms with Crippen molar-refractivity contribution < 1.29 is 4.74 Å². The van der Waals surface area contributed by atoms with Crippen LogP contribution in [0.5, 0.6) is 5.75 Å². The monoisotopic (exact) mass is 379 g/mol. The molecule has 0 bridgehead atoms. The van der Waals surface area contributed by atoms with Gasteiger partial charge in [-0.2, -0.15) is 0 Å². The van der Waals surface area contributed by atoms with Crippen LogP contribution >= 0.6 is 11.3 Å². The van der Waals surface area contributed by atoms with E-state index < -0.39 is 0 Å². The van der Waals surface area contributed by atoms with Crippen molar-refractivity contribution >= 4 is 21.6 Å². The third-order valence-corrected chi connectivity index (χ3v) is 6.85. The van der Waals surface area contributed by atoms with Crippen LogP contribution < -0.4 is 4.74 Å². The molecule has 2 aromatic carbocycles. The number of hydrogen-bond donors (Lipinski definition) is 0. The average Bonchev–Trinajstić information content (AvgIpc) is 3.33. The van der Waals surface area contributed by atoms with Crippen molar-refractivity contribution in [3.63, 3.8) is 0 Å². The van der Waals surface area contributed by atoms with Crippen molar-refractivity contribution in [2.75, 3.05) is 26.2 Å². The van der Waals surface area contributed by atoms with E-state index in [1.165, 1.54) is 10.3 Å². The molecule has 0 saturated carbocycles. The second-order valence-electron chi connectivity index (χ2n) is 7.69. The molecule has 2 aliphatic rings. The van der Waals surface area contributed by atoms with Gasteiger partial charge in [-0.25, -0.2) is 4.98 Å². The molecule has 140 valence electrons. The smallest absolute Gasteiger partial charge is 0.119 e. The summed E-state index contributed by atoms with van der Waals surface area (Å²) >= 11 is 1.71. The minimum absolute atomic E-state index is 0.305. The van der Waals surface area contributed by atoms with E-state index in [1.54, 1.807) is 11.3 Å². The second-order valence-corrected chi connectivity index (χ2v) is 8.57. The van der Waals surface area contributed by atoms with E-state index in [0.29, 0.717) is 18.2 Å². The van der Waals surface area contributed by atoms with Gasteiger partial charge in [0.15, 0.2) is 0 Å². The maximum Gasteiger partial charge on any atom is 0.119 e. The van der Waals surface area contributed by atoms with Crippen LogP contribution in [0.2, 0.25) is 0 Å². The maximum absolute atomic E-state index is 6.22. The lowest BCUT2D eigenvalue weighted by Gasteiger charge is -2.40. The van der Waals surface area contributed by atoms with Crippen LogP contribution in [-0.4, -0.2) is 53.1 Å². The standard InChI is InChI=1S/C22H25N3OS/c1-16(17-7-8-22-21(11-17)23-15-27-22)24-9-10-25-14-20(12-18(25)13-24)26-19-5-3-2-4-6-19/h2-8,11,15-16,18,20H,9-10,12-14H2,1H3. The minimum Gasteiger partial charge on any atom is -0.489 e. The largest absolute Gasteiger partial charge is 0.489 e. The third kappa shape index (κ3) is 3.47. The van der Waals surface area contributed by atoms with Gasteiger partial charge in [-0.3, -0.25) is 9.80 Å². The van der Waals surface area contributed by atoms with E-state index in [1.807, 2.05) is 23.7 Å². The zero-order valence-corrected chi connectivity index (χ0v) is 16.4. The van der Waals surface area contributed by atoms with Gasteiger partial charge in [-0.05, 0) is 36.8 Å². The predicted molar refractivity (Wildman–Crippen MR) is 110 cm³/mol. The van der Waals surface area contributed by atoms with E-state index in [-0.39, 0.29) is 0 Å². The Morgan fingerprint density at radius 3 is 2.89 bits per heavy atom. The molecule has 0 N–H and O–H groups in total. The Morgan fingerprint density at radius 1 is 1.11 bits per heavy atom. The van der Waals surface area contributed by atoms with Crippen LogP contribution in [0.1, 0.15) is 24.9 Å². The number of ether oxygens (including phenoxy) is 1. The summed E-state index contributed by atoms with van der Waals surface area (Å²) in [6, 6.07) is 18.0. The molecule has 0 spiro atoms. The number of thiazole rings is 1. The summed E-state index contributed by atoms with van der Waals surface area (Å²) in [6.45, 7) is 6.74. The number of hydrogen-bond acceptors (Lipinski definition) is 5. The van der Waals surface area contributed by atoms with Gasteiger partial charge in [0, 0.05) is 44.7 Å². The lowest BCUT2D eigenvalue weighted by molar-refractivity contribution is 0.0762. The molecule has 5 heteroatoms. The molecule has 1 aromatic heterocycles. The molecule has 0 amide bonds. The normalized spacial score (nSPS) is 24.8. The fourth-order valence-corrected chi connectivity index (χ4v) is 5.15.